The molecule has 6 N–H and O–H groups in total. The number of hydrogen-bond donors (Lipinski definition) is 3. The van der Waals surface area contributed by atoms with Crippen molar-refractivity contribution in [2.24, 2.45) is 58.0 Å². The second-order valence-corrected chi connectivity index (χ2v) is 14.1. The molecule has 4 aliphatic carbocycles. The molecule has 0 spiro atoms. The van der Waals surface area contributed by atoms with Gasteiger partial charge in [-0.2, -0.15) is 0 Å². The molecule has 5 rings (SSSR count). The lowest BCUT2D eigenvalue weighted by molar-refractivity contribution is -0.0782. The highest BCUT2D eigenvalue weighted by molar-refractivity contribution is 5.60. The van der Waals surface area contributed by atoms with Crippen LogP contribution in [-0.4, -0.2) is 13.2 Å². The summed E-state index contributed by atoms with van der Waals surface area (Å²) in [6.07, 6.45) is 19.0. The minimum Gasteiger partial charge on any atom is -0.488 e. The van der Waals surface area contributed by atoms with Gasteiger partial charge < -0.3 is 21.9 Å². The molecule has 0 bridgehead atoms. The van der Waals surface area contributed by atoms with Gasteiger partial charge in [-0.15, -0.1) is 0 Å². The Morgan fingerprint density at radius 2 is 1.61 bits per heavy atom. The molecule has 1 aromatic rings. The number of anilines is 2. The Hall–Kier alpha value is -1.68. The summed E-state index contributed by atoms with van der Waals surface area (Å²) in [5.74, 6) is 6.54. The number of benzene rings is 1. The minimum atomic E-state index is 0.242. The van der Waals surface area contributed by atoms with E-state index in [0.29, 0.717) is 28.1 Å². The zero-order valence-corrected chi connectivity index (χ0v) is 25.2. The minimum absolute atomic E-state index is 0.242. The van der Waals surface area contributed by atoms with Gasteiger partial charge in [0.15, 0.2) is 0 Å². The van der Waals surface area contributed by atoms with E-state index in [9.17, 15) is 0 Å². The first-order valence-corrected chi connectivity index (χ1v) is 15.7. The summed E-state index contributed by atoms with van der Waals surface area (Å²) in [5, 5.41) is 0. The lowest BCUT2D eigenvalue weighted by Crippen LogP contribution is -2.52. The molecule has 3 fully saturated rings. The van der Waals surface area contributed by atoms with Crippen molar-refractivity contribution in [1.82, 2.24) is 0 Å². The van der Waals surface area contributed by atoms with Crippen LogP contribution in [0, 0.1) is 52.3 Å². The molecular formula is C34H57N3O. The van der Waals surface area contributed by atoms with E-state index in [4.69, 9.17) is 16.2 Å². The van der Waals surface area contributed by atoms with Gasteiger partial charge in [0.05, 0.1) is 11.8 Å². The Balaban J connectivity index is 0.00000164. The van der Waals surface area contributed by atoms with Gasteiger partial charge in [0.1, 0.15) is 5.75 Å². The lowest BCUT2D eigenvalue weighted by Gasteiger charge is -2.59. The molecule has 0 saturated heterocycles. The van der Waals surface area contributed by atoms with Crippen molar-refractivity contribution in [3.63, 3.8) is 0 Å². The zero-order valence-electron chi connectivity index (χ0n) is 25.2. The second kappa shape index (κ2) is 11.8. The fourth-order valence-electron chi connectivity index (χ4n) is 9.57. The lowest BCUT2D eigenvalue weighted by atomic mass is 9.46. The standard InChI is InChI=1S/C33H52N2O.CH5N/c1-21(2)7-6-8-22(3)27-12-13-28-26-11-9-23-19-25(36-31-14-10-24(34)20-30(31)35)15-17-32(23,4)29(26)16-18-33(27,28)5;1-2/h9-11,14,20-23,25-29H,6-8,12-13,15-19,34-35H2,1-5H3;2H2,1H3. The van der Waals surface area contributed by atoms with Crippen LogP contribution in [0.3, 0.4) is 0 Å². The molecule has 4 aliphatic rings. The Kier molecular flexibility index (Phi) is 9.12. The van der Waals surface area contributed by atoms with Crippen molar-refractivity contribution >= 4 is 11.4 Å². The molecule has 9 atom stereocenters. The van der Waals surface area contributed by atoms with Crippen LogP contribution in [0.2, 0.25) is 0 Å². The van der Waals surface area contributed by atoms with E-state index in [1.165, 1.54) is 58.4 Å². The molecule has 214 valence electrons. The van der Waals surface area contributed by atoms with E-state index in [1.54, 1.807) is 0 Å². The highest BCUT2D eigenvalue weighted by Gasteiger charge is 2.59. The largest absolute Gasteiger partial charge is 0.488 e. The smallest absolute Gasteiger partial charge is 0.142 e. The van der Waals surface area contributed by atoms with Crippen LogP contribution in [0.15, 0.2) is 30.4 Å². The molecule has 0 heterocycles. The van der Waals surface area contributed by atoms with Crippen molar-refractivity contribution in [3.05, 3.63) is 30.4 Å². The monoisotopic (exact) mass is 523 g/mol. The summed E-state index contributed by atoms with van der Waals surface area (Å²) in [7, 11) is 1.50. The summed E-state index contributed by atoms with van der Waals surface area (Å²) in [6, 6.07) is 5.64. The van der Waals surface area contributed by atoms with Crippen LogP contribution in [0.5, 0.6) is 5.75 Å². The van der Waals surface area contributed by atoms with Gasteiger partial charge in [0.25, 0.3) is 0 Å². The molecule has 0 radical (unpaired) electrons. The van der Waals surface area contributed by atoms with Gasteiger partial charge in [-0.25, -0.2) is 0 Å². The Morgan fingerprint density at radius 3 is 2.32 bits per heavy atom. The maximum absolute atomic E-state index is 6.43. The van der Waals surface area contributed by atoms with Crippen LogP contribution in [0.1, 0.15) is 98.8 Å². The summed E-state index contributed by atoms with van der Waals surface area (Å²) >= 11 is 0. The van der Waals surface area contributed by atoms with Gasteiger partial charge in [-0.05, 0) is 122 Å². The number of ether oxygens (including phenoxy) is 1. The quantitative estimate of drug-likeness (QED) is 0.249. The van der Waals surface area contributed by atoms with Crippen molar-refractivity contribution in [2.45, 2.75) is 105 Å². The van der Waals surface area contributed by atoms with Crippen molar-refractivity contribution in [2.75, 3.05) is 18.5 Å². The molecule has 9 unspecified atom stereocenters. The van der Waals surface area contributed by atoms with Crippen molar-refractivity contribution < 1.29 is 4.74 Å². The second-order valence-electron chi connectivity index (χ2n) is 14.1. The number of hydrogen-bond acceptors (Lipinski definition) is 4. The third-order valence-electron chi connectivity index (χ3n) is 11.6. The van der Waals surface area contributed by atoms with Crippen LogP contribution < -0.4 is 21.9 Å². The van der Waals surface area contributed by atoms with Crippen LogP contribution >= 0.6 is 0 Å². The Labute approximate surface area is 233 Å². The molecule has 0 aliphatic heterocycles. The van der Waals surface area contributed by atoms with E-state index < -0.39 is 0 Å². The van der Waals surface area contributed by atoms with E-state index >= 15 is 0 Å². The molecule has 1 aromatic carbocycles. The van der Waals surface area contributed by atoms with Crippen molar-refractivity contribution in [1.29, 1.82) is 0 Å². The first-order valence-electron chi connectivity index (χ1n) is 15.7. The zero-order chi connectivity index (χ0) is 27.7. The summed E-state index contributed by atoms with van der Waals surface area (Å²) in [6.45, 7) is 12.6. The maximum atomic E-state index is 6.43. The van der Waals surface area contributed by atoms with Crippen LogP contribution in [0.25, 0.3) is 0 Å². The Bertz CT molecular complexity index is 959. The molecule has 0 amide bonds. The number of allylic oxidation sites excluding steroid dienone is 2. The van der Waals surface area contributed by atoms with Crippen molar-refractivity contribution in [3.8, 4) is 5.75 Å². The molecule has 4 heteroatoms. The average molecular weight is 524 g/mol. The van der Waals surface area contributed by atoms with E-state index in [-0.39, 0.29) is 6.10 Å². The fraction of sp³-hybridized carbons (Fsp3) is 0.765. The van der Waals surface area contributed by atoms with Gasteiger partial charge in [-0.3, -0.25) is 0 Å². The topological polar surface area (TPSA) is 87.3 Å². The number of fused-ring (bicyclic) bond motifs is 5. The predicted octanol–water partition coefficient (Wildman–Crippen LogP) is 8.07. The van der Waals surface area contributed by atoms with Gasteiger partial charge in [0.2, 0.25) is 0 Å². The molecule has 38 heavy (non-hydrogen) atoms. The highest BCUT2D eigenvalue weighted by Crippen LogP contribution is 2.67. The maximum Gasteiger partial charge on any atom is 0.142 e. The van der Waals surface area contributed by atoms with Crippen LogP contribution in [-0.2, 0) is 0 Å². The number of nitrogen functional groups attached to an aromatic ring is 2. The predicted molar refractivity (Wildman–Crippen MR) is 163 cm³/mol. The molecule has 4 nitrogen and oxygen atoms in total. The normalized spacial score (nSPS) is 38.4. The fourth-order valence-corrected chi connectivity index (χ4v) is 9.57. The molecule has 3 saturated carbocycles. The summed E-state index contributed by atoms with van der Waals surface area (Å²) in [4.78, 5) is 0. The molecule has 0 aromatic heterocycles. The van der Waals surface area contributed by atoms with Gasteiger partial charge in [-0.1, -0.05) is 66.0 Å². The molecular weight excluding hydrogens is 466 g/mol. The third kappa shape index (κ3) is 5.49. The summed E-state index contributed by atoms with van der Waals surface area (Å²) in [5.41, 5.74) is 18.9. The highest BCUT2D eigenvalue weighted by atomic mass is 16.5. The number of nitrogens with two attached hydrogens (primary N) is 3. The van der Waals surface area contributed by atoms with Gasteiger partial charge in [0, 0.05) is 5.69 Å². The number of rotatable bonds is 7. The van der Waals surface area contributed by atoms with E-state index in [1.807, 2.05) is 18.2 Å². The van der Waals surface area contributed by atoms with E-state index in [2.05, 4.69) is 52.5 Å². The third-order valence-corrected chi connectivity index (χ3v) is 11.6. The Morgan fingerprint density at radius 1 is 0.895 bits per heavy atom. The average Bonchev–Trinajstić information content (AvgIpc) is 3.24. The van der Waals surface area contributed by atoms with E-state index in [0.717, 1.165) is 54.1 Å². The van der Waals surface area contributed by atoms with Gasteiger partial charge >= 0.3 is 0 Å². The first-order chi connectivity index (χ1) is 18.1. The SMILES string of the molecule is CC(C)CCCC(C)C1CCC2C3C=CC4CC(Oc5ccc(N)cc5N)CCC4(C)C3CCC12C.CN. The summed E-state index contributed by atoms with van der Waals surface area (Å²) < 4.78 is 6.43. The van der Waals surface area contributed by atoms with Crippen LogP contribution in [0.4, 0.5) is 11.4 Å². The first kappa shape index (κ1) is 29.3.